The maximum atomic E-state index is 10.4. The van der Waals surface area contributed by atoms with Gasteiger partial charge in [0.15, 0.2) is 0 Å². The van der Waals surface area contributed by atoms with Gasteiger partial charge in [0.25, 0.3) is 0 Å². The van der Waals surface area contributed by atoms with Crippen molar-refractivity contribution in [2.45, 2.75) is 5.75 Å². The van der Waals surface area contributed by atoms with E-state index >= 15 is 0 Å². The number of hydrogen-bond donors (Lipinski definition) is 0. The van der Waals surface area contributed by atoms with Crippen LogP contribution in [0.2, 0.25) is 5.02 Å². The van der Waals surface area contributed by atoms with Gasteiger partial charge in [-0.2, -0.15) is 0 Å². The van der Waals surface area contributed by atoms with Crippen LogP contribution in [0.15, 0.2) is 24.3 Å². The van der Waals surface area contributed by atoms with Crippen molar-refractivity contribution in [3.8, 4) is 0 Å². The number of carbonyl (C=O) groups is 1. The number of halogens is 2. The van der Waals surface area contributed by atoms with Crippen molar-refractivity contribution >= 4 is 40.2 Å². The Morgan fingerprint density at radius 3 is 2.46 bits per heavy atom. The van der Waals surface area contributed by atoms with Gasteiger partial charge in [0.2, 0.25) is 5.24 Å². The van der Waals surface area contributed by atoms with Crippen molar-refractivity contribution < 1.29 is 4.79 Å². The summed E-state index contributed by atoms with van der Waals surface area (Å²) in [6.45, 7) is 0. The highest BCUT2D eigenvalue weighted by atomic mass is 35.5. The first-order valence-corrected chi connectivity index (χ1v) is 5.60. The van der Waals surface area contributed by atoms with E-state index in [1.165, 1.54) is 11.8 Å². The monoisotopic (exact) mass is 234 g/mol. The molecule has 0 aliphatic carbocycles. The molecule has 0 fully saturated rings. The Hall–Kier alpha value is -0.180. The van der Waals surface area contributed by atoms with Crippen molar-refractivity contribution in [2.75, 3.05) is 5.75 Å². The summed E-state index contributed by atoms with van der Waals surface area (Å²) in [7, 11) is 0. The molecule has 0 heterocycles. The predicted octanol–water partition coefficient (Wildman–Crippen LogP) is 3.34. The fourth-order valence-electron chi connectivity index (χ4n) is 0.830. The number of rotatable bonds is 4. The third-order valence-electron chi connectivity index (χ3n) is 1.40. The summed E-state index contributed by atoms with van der Waals surface area (Å²) in [4.78, 5) is 10.4. The molecular formula is C9H8Cl2OS. The molecular weight excluding hydrogens is 227 g/mol. The van der Waals surface area contributed by atoms with Crippen LogP contribution < -0.4 is 0 Å². The molecule has 0 radical (unpaired) electrons. The smallest absolute Gasteiger partial charge is 0.231 e. The highest BCUT2D eigenvalue weighted by molar-refractivity contribution is 7.99. The number of thioether (sulfide) groups is 1. The largest absolute Gasteiger partial charge is 0.280 e. The topological polar surface area (TPSA) is 17.1 Å². The van der Waals surface area contributed by atoms with E-state index in [1.54, 1.807) is 0 Å². The minimum absolute atomic E-state index is 0.307. The lowest BCUT2D eigenvalue weighted by molar-refractivity contribution is -0.109. The second-order valence-corrected chi connectivity index (χ2v) is 4.32. The Morgan fingerprint density at radius 2 is 1.92 bits per heavy atom. The molecule has 0 N–H and O–H groups in total. The van der Waals surface area contributed by atoms with Gasteiger partial charge in [0.1, 0.15) is 0 Å². The van der Waals surface area contributed by atoms with Crippen LogP contribution in [0.5, 0.6) is 0 Å². The van der Waals surface area contributed by atoms with E-state index < -0.39 is 0 Å². The van der Waals surface area contributed by atoms with E-state index in [1.807, 2.05) is 24.3 Å². The molecule has 0 saturated heterocycles. The van der Waals surface area contributed by atoms with Gasteiger partial charge in [-0.15, -0.1) is 11.8 Å². The molecule has 0 saturated carbocycles. The normalized spacial score (nSPS) is 10.0. The number of hydrogen-bond acceptors (Lipinski definition) is 2. The average Bonchev–Trinajstić information content (AvgIpc) is 2.08. The maximum absolute atomic E-state index is 10.4. The van der Waals surface area contributed by atoms with Crippen LogP contribution in [-0.2, 0) is 10.5 Å². The van der Waals surface area contributed by atoms with Crippen molar-refractivity contribution in [2.24, 2.45) is 0 Å². The van der Waals surface area contributed by atoms with Gasteiger partial charge >= 0.3 is 0 Å². The zero-order valence-corrected chi connectivity index (χ0v) is 9.12. The van der Waals surface area contributed by atoms with Crippen LogP contribution in [0.25, 0.3) is 0 Å². The second-order valence-electron chi connectivity index (χ2n) is 2.47. The Labute approximate surface area is 91.4 Å². The van der Waals surface area contributed by atoms with Gasteiger partial charge in [-0.1, -0.05) is 23.7 Å². The first-order chi connectivity index (χ1) is 6.18. The standard InChI is InChI=1S/C9H8Cl2OS/c10-8-3-1-7(2-4-8)5-13-6-9(11)12/h1-4H,5-6H2. The molecule has 1 aromatic carbocycles. The summed E-state index contributed by atoms with van der Waals surface area (Å²) in [6.07, 6.45) is 0. The van der Waals surface area contributed by atoms with E-state index in [9.17, 15) is 4.79 Å². The Kier molecular flexibility index (Phi) is 4.64. The molecule has 0 unspecified atom stereocenters. The second kappa shape index (κ2) is 5.53. The minimum Gasteiger partial charge on any atom is -0.280 e. The Balaban J connectivity index is 2.37. The molecule has 1 aromatic rings. The van der Waals surface area contributed by atoms with Crippen LogP contribution in [0.3, 0.4) is 0 Å². The van der Waals surface area contributed by atoms with Gasteiger partial charge in [0, 0.05) is 10.8 Å². The van der Waals surface area contributed by atoms with Crippen LogP contribution in [0, 0.1) is 0 Å². The molecule has 13 heavy (non-hydrogen) atoms. The molecule has 1 rings (SSSR count). The molecule has 0 spiro atoms. The molecule has 4 heteroatoms. The molecule has 0 aliphatic heterocycles. The van der Waals surface area contributed by atoms with Gasteiger partial charge in [-0.25, -0.2) is 0 Å². The predicted molar refractivity (Wildman–Crippen MR) is 58.5 cm³/mol. The third-order valence-corrected chi connectivity index (χ3v) is 2.95. The summed E-state index contributed by atoms with van der Waals surface area (Å²) in [6, 6.07) is 7.54. The first-order valence-electron chi connectivity index (χ1n) is 3.69. The van der Waals surface area contributed by atoms with E-state index in [0.717, 1.165) is 16.3 Å². The SMILES string of the molecule is O=C(Cl)CSCc1ccc(Cl)cc1. The molecule has 0 atom stereocenters. The van der Waals surface area contributed by atoms with Crippen LogP contribution in [0.4, 0.5) is 0 Å². The summed E-state index contributed by atoms with van der Waals surface area (Å²) in [5.74, 6) is 1.14. The lowest BCUT2D eigenvalue weighted by Gasteiger charge is -1.98. The fourth-order valence-corrected chi connectivity index (χ4v) is 1.88. The number of carbonyl (C=O) groups excluding carboxylic acids is 1. The van der Waals surface area contributed by atoms with Gasteiger partial charge < -0.3 is 0 Å². The van der Waals surface area contributed by atoms with Gasteiger partial charge in [0.05, 0.1) is 5.75 Å². The summed E-state index contributed by atoms with van der Waals surface area (Å²) in [5.41, 5.74) is 1.15. The van der Waals surface area contributed by atoms with E-state index in [-0.39, 0.29) is 5.24 Å². The molecule has 0 aromatic heterocycles. The van der Waals surface area contributed by atoms with Crippen molar-refractivity contribution in [1.82, 2.24) is 0 Å². The highest BCUT2D eigenvalue weighted by Crippen LogP contribution is 2.15. The van der Waals surface area contributed by atoms with Gasteiger partial charge in [-0.05, 0) is 29.3 Å². The van der Waals surface area contributed by atoms with Crippen molar-refractivity contribution in [3.63, 3.8) is 0 Å². The van der Waals surface area contributed by atoms with E-state index in [2.05, 4.69) is 0 Å². The quantitative estimate of drug-likeness (QED) is 0.744. The van der Waals surface area contributed by atoms with Crippen LogP contribution >= 0.6 is 35.0 Å². The minimum atomic E-state index is -0.307. The Bertz CT molecular complexity index is 284. The fraction of sp³-hybridized carbons (Fsp3) is 0.222. The molecule has 1 nitrogen and oxygen atoms in total. The Morgan fingerprint density at radius 1 is 1.31 bits per heavy atom. The van der Waals surface area contributed by atoms with E-state index in [4.69, 9.17) is 23.2 Å². The van der Waals surface area contributed by atoms with Crippen LogP contribution in [-0.4, -0.2) is 11.0 Å². The summed E-state index contributed by atoms with van der Waals surface area (Å²) in [5, 5.41) is 0.418. The molecule has 0 amide bonds. The summed E-state index contributed by atoms with van der Waals surface area (Å²) >= 11 is 12.4. The third kappa shape index (κ3) is 4.55. The molecule has 0 aliphatic rings. The van der Waals surface area contributed by atoms with Gasteiger partial charge in [-0.3, -0.25) is 4.79 Å². The highest BCUT2D eigenvalue weighted by Gasteiger charge is 1.97. The number of benzene rings is 1. The first kappa shape index (κ1) is 10.9. The zero-order valence-electron chi connectivity index (χ0n) is 6.80. The lowest BCUT2D eigenvalue weighted by Crippen LogP contribution is -1.90. The average molecular weight is 235 g/mol. The lowest BCUT2D eigenvalue weighted by atomic mass is 10.2. The maximum Gasteiger partial charge on any atom is 0.231 e. The van der Waals surface area contributed by atoms with Crippen molar-refractivity contribution in [3.05, 3.63) is 34.9 Å². The zero-order chi connectivity index (χ0) is 9.68. The molecule has 0 bridgehead atoms. The van der Waals surface area contributed by atoms with E-state index in [0.29, 0.717) is 5.75 Å². The molecule has 70 valence electrons. The van der Waals surface area contributed by atoms with Crippen LogP contribution in [0.1, 0.15) is 5.56 Å². The van der Waals surface area contributed by atoms with Crippen molar-refractivity contribution in [1.29, 1.82) is 0 Å². The summed E-state index contributed by atoms with van der Waals surface area (Å²) < 4.78 is 0.